The van der Waals surface area contributed by atoms with Crippen molar-refractivity contribution in [3.8, 4) is 6.07 Å². The van der Waals surface area contributed by atoms with Gasteiger partial charge >= 0.3 is 0 Å². The molecule has 2 atom stereocenters. The van der Waals surface area contributed by atoms with Gasteiger partial charge in [0.2, 0.25) is 0 Å². The number of benzene rings is 1. The minimum absolute atomic E-state index is 0.0296. The number of fused-ring (bicyclic) bond motifs is 2. The standard InChI is InChI=1S/C25H29N7O/c1-16-19(12-26)5-4-6-21(16)17(2)28-25-22-11-24(27-13-23(22)18(3)29-30-25)32-8-7-31-9-10-33-15-20(31)14-32/h4-6,11,13,17,20H,7-10,14-15H2,1-3H3,(H,28,30)/t17-,20+/m1/s1. The average molecular weight is 444 g/mol. The largest absolute Gasteiger partial charge is 0.378 e. The highest BCUT2D eigenvalue weighted by Crippen LogP contribution is 2.30. The van der Waals surface area contributed by atoms with Gasteiger partial charge in [-0.2, -0.15) is 10.4 Å². The molecule has 3 aromatic rings. The maximum atomic E-state index is 9.40. The van der Waals surface area contributed by atoms with E-state index in [1.807, 2.05) is 32.2 Å². The average Bonchev–Trinajstić information content (AvgIpc) is 2.85. The van der Waals surface area contributed by atoms with E-state index in [-0.39, 0.29) is 6.04 Å². The highest BCUT2D eigenvalue weighted by Gasteiger charge is 2.30. The van der Waals surface area contributed by atoms with Gasteiger partial charge in [-0.05, 0) is 44.0 Å². The highest BCUT2D eigenvalue weighted by atomic mass is 16.5. The van der Waals surface area contributed by atoms with Crippen LogP contribution in [0.1, 0.15) is 35.3 Å². The predicted octanol–water partition coefficient (Wildman–Crippen LogP) is 3.21. The van der Waals surface area contributed by atoms with Gasteiger partial charge in [-0.25, -0.2) is 4.98 Å². The van der Waals surface area contributed by atoms with Crippen molar-refractivity contribution in [3.63, 3.8) is 0 Å². The molecule has 170 valence electrons. The van der Waals surface area contributed by atoms with Gasteiger partial charge in [0, 0.05) is 43.1 Å². The van der Waals surface area contributed by atoms with E-state index >= 15 is 0 Å². The molecule has 2 fully saturated rings. The minimum Gasteiger partial charge on any atom is -0.378 e. The predicted molar refractivity (Wildman–Crippen MR) is 128 cm³/mol. The molecule has 0 spiro atoms. The van der Waals surface area contributed by atoms with Crippen LogP contribution >= 0.6 is 0 Å². The fourth-order valence-corrected chi connectivity index (χ4v) is 4.92. The Morgan fingerprint density at radius 2 is 2.06 bits per heavy atom. The number of nitrogens with one attached hydrogen (secondary N) is 1. The molecule has 8 nitrogen and oxygen atoms in total. The quantitative estimate of drug-likeness (QED) is 0.657. The van der Waals surface area contributed by atoms with E-state index in [1.54, 1.807) is 0 Å². The Kier molecular flexibility index (Phi) is 5.83. The Labute approximate surface area is 194 Å². The molecule has 0 unspecified atom stereocenters. The van der Waals surface area contributed by atoms with Crippen LogP contribution in [0.15, 0.2) is 30.5 Å². The molecule has 0 bridgehead atoms. The van der Waals surface area contributed by atoms with Gasteiger partial charge in [-0.15, -0.1) is 5.10 Å². The van der Waals surface area contributed by atoms with E-state index in [0.29, 0.717) is 11.6 Å². The Balaban J connectivity index is 1.46. The topological polar surface area (TPSA) is 90.2 Å². The van der Waals surface area contributed by atoms with E-state index in [1.165, 1.54) is 0 Å². The number of nitrogens with zero attached hydrogens (tertiary/aromatic N) is 6. The van der Waals surface area contributed by atoms with Crippen LogP contribution in [0.25, 0.3) is 10.8 Å². The molecular weight excluding hydrogens is 414 g/mol. The normalized spacial score (nSPS) is 19.7. The maximum Gasteiger partial charge on any atom is 0.157 e. The van der Waals surface area contributed by atoms with E-state index in [2.05, 4.69) is 50.4 Å². The summed E-state index contributed by atoms with van der Waals surface area (Å²) in [6.45, 7) is 11.5. The first-order valence-corrected chi connectivity index (χ1v) is 11.5. The molecule has 1 N–H and O–H groups in total. The number of pyridine rings is 1. The summed E-state index contributed by atoms with van der Waals surface area (Å²) in [6, 6.07) is 10.6. The summed E-state index contributed by atoms with van der Waals surface area (Å²) in [7, 11) is 0. The number of morpholine rings is 1. The summed E-state index contributed by atoms with van der Waals surface area (Å²) in [5, 5.41) is 23.8. The summed E-state index contributed by atoms with van der Waals surface area (Å²) in [6.07, 6.45) is 1.91. The lowest BCUT2D eigenvalue weighted by atomic mass is 9.98. The fraction of sp³-hybridized carbons (Fsp3) is 0.440. The van der Waals surface area contributed by atoms with Crippen LogP contribution in [0.5, 0.6) is 0 Å². The van der Waals surface area contributed by atoms with Gasteiger partial charge < -0.3 is 15.0 Å². The zero-order valence-electron chi connectivity index (χ0n) is 19.4. The number of hydrogen-bond donors (Lipinski definition) is 1. The van der Waals surface area contributed by atoms with Gasteiger partial charge in [-0.3, -0.25) is 4.90 Å². The Bertz CT molecular complexity index is 1220. The molecular formula is C25H29N7O. The number of hydrogen-bond acceptors (Lipinski definition) is 8. The zero-order chi connectivity index (χ0) is 22.9. The summed E-state index contributed by atoms with van der Waals surface area (Å²) in [4.78, 5) is 9.64. The van der Waals surface area contributed by atoms with Crippen LogP contribution in [0.4, 0.5) is 11.6 Å². The second-order valence-corrected chi connectivity index (χ2v) is 8.93. The number of aryl methyl sites for hydroxylation is 1. The third-order valence-electron chi connectivity index (χ3n) is 6.91. The molecule has 0 amide bonds. The lowest BCUT2D eigenvalue weighted by Gasteiger charge is -2.44. The Morgan fingerprint density at radius 3 is 2.91 bits per heavy atom. The third kappa shape index (κ3) is 4.10. The summed E-state index contributed by atoms with van der Waals surface area (Å²) in [5.41, 5.74) is 3.61. The van der Waals surface area contributed by atoms with Gasteiger partial charge in [0.25, 0.3) is 0 Å². The lowest BCUT2D eigenvalue weighted by molar-refractivity contribution is -0.0117. The summed E-state index contributed by atoms with van der Waals surface area (Å²) < 4.78 is 5.70. The first-order chi connectivity index (χ1) is 16.0. The van der Waals surface area contributed by atoms with Crippen LogP contribution in [0, 0.1) is 25.2 Å². The van der Waals surface area contributed by atoms with Crippen molar-refractivity contribution in [2.75, 3.05) is 49.6 Å². The first kappa shape index (κ1) is 21.6. The molecule has 2 aliphatic rings. The number of ether oxygens (including phenoxy) is 1. The fourth-order valence-electron chi connectivity index (χ4n) is 4.92. The molecule has 2 saturated heterocycles. The number of nitriles is 1. The number of rotatable bonds is 4. The van der Waals surface area contributed by atoms with Crippen LogP contribution < -0.4 is 10.2 Å². The maximum absolute atomic E-state index is 9.40. The summed E-state index contributed by atoms with van der Waals surface area (Å²) >= 11 is 0. The van der Waals surface area contributed by atoms with Crippen molar-refractivity contribution in [2.45, 2.75) is 32.9 Å². The van der Waals surface area contributed by atoms with E-state index in [9.17, 15) is 5.26 Å². The molecule has 0 radical (unpaired) electrons. The van der Waals surface area contributed by atoms with Gasteiger partial charge in [0.1, 0.15) is 5.82 Å². The monoisotopic (exact) mass is 443 g/mol. The molecule has 0 aliphatic carbocycles. The summed E-state index contributed by atoms with van der Waals surface area (Å²) in [5.74, 6) is 1.69. The van der Waals surface area contributed by atoms with Crippen molar-refractivity contribution in [1.82, 2.24) is 20.1 Å². The lowest BCUT2D eigenvalue weighted by Crippen LogP contribution is -2.58. The van der Waals surface area contributed by atoms with E-state index < -0.39 is 0 Å². The minimum atomic E-state index is -0.0296. The number of aromatic nitrogens is 3. The SMILES string of the molecule is Cc1c(C#N)cccc1[C@@H](C)Nc1nnc(C)c2cnc(N3CCN4CCOC[C@@H]4C3)cc12. The van der Waals surface area contributed by atoms with E-state index in [0.717, 1.165) is 78.6 Å². The van der Waals surface area contributed by atoms with Gasteiger partial charge in [0.15, 0.2) is 5.82 Å². The van der Waals surface area contributed by atoms with Gasteiger partial charge in [0.05, 0.1) is 42.6 Å². The Hall–Kier alpha value is -3.28. The van der Waals surface area contributed by atoms with Crippen molar-refractivity contribution >= 4 is 22.4 Å². The van der Waals surface area contributed by atoms with Crippen LogP contribution in [-0.2, 0) is 4.74 Å². The third-order valence-corrected chi connectivity index (χ3v) is 6.91. The van der Waals surface area contributed by atoms with Gasteiger partial charge in [-0.1, -0.05) is 12.1 Å². The zero-order valence-corrected chi connectivity index (χ0v) is 19.4. The van der Waals surface area contributed by atoms with E-state index in [4.69, 9.17) is 9.72 Å². The molecule has 4 heterocycles. The number of anilines is 2. The van der Waals surface area contributed by atoms with Crippen LogP contribution in [0.2, 0.25) is 0 Å². The van der Waals surface area contributed by atoms with Crippen molar-refractivity contribution in [3.05, 3.63) is 52.8 Å². The molecule has 2 aromatic heterocycles. The smallest absolute Gasteiger partial charge is 0.157 e. The molecule has 5 rings (SSSR count). The number of piperazine rings is 1. The Morgan fingerprint density at radius 1 is 1.18 bits per heavy atom. The second-order valence-electron chi connectivity index (χ2n) is 8.93. The molecule has 2 aliphatic heterocycles. The van der Waals surface area contributed by atoms with Crippen molar-refractivity contribution in [1.29, 1.82) is 5.26 Å². The van der Waals surface area contributed by atoms with Crippen LogP contribution in [-0.4, -0.2) is 65.5 Å². The molecule has 33 heavy (non-hydrogen) atoms. The second kappa shape index (κ2) is 8.93. The molecule has 0 saturated carbocycles. The van der Waals surface area contributed by atoms with Crippen molar-refractivity contribution < 1.29 is 4.74 Å². The first-order valence-electron chi connectivity index (χ1n) is 11.5. The molecule has 8 heteroatoms. The molecule has 1 aromatic carbocycles. The van der Waals surface area contributed by atoms with Crippen molar-refractivity contribution in [2.24, 2.45) is 0 Å². The highest BCUT2D eigenvalue weighted by molar-refractivity contribution is 5.94. The van der Waals surface area contributed by atoms with Crippen LogP contribution in [0.3, 0.4) is 0 Å².